The highest BCUT2D eigenvalue weighted by atomic mass is 32.1. The molecule has 2 amide bonds. The fraction of sp³-hybridized carbons (Fsp3) is 0.571. The van der Waals surface area contributed by atoms with Gasteiger partial charge in [0, 0.05) is 31.1 Å². The summed E-state index contributed by atoms with van der Waals surface area (Å²) in [5, 5.41) is 4.78. The highest BCUT2D eigenvalue weighted by Gasteiger charge is 2.28. The number of piperidine rings is 1. The van der Waals surface area contributed by atoms with Crippen molar-refractivity contribution in [1.82, 2.24) is 10.2 Å². The number of nitrogens with two attached hydrogens (primary N) is 1. The first kappa shape index (κ1) is 15.0. The molecule has 0 spiro atoms. The highest BCUT2D eigenvalue weighted by Crippen LogP contribution is 2.18. The lowest BCUT2D eigenvalue weighted by molar-refractivity contribution is -0.135. The lowest BCUT2D eigenvalue weighted by Crippen LogP contribution is -2.46. The van der Waals surface area contributed by atoms with Crippen molar-refractivity contribution >= 4 is 23.2 Å². The molecule has 0 saturated carbocycles. The SMILES string of the molecule is NCCNC(=O)C1CCCN(C(=O)Cc2cccs2)C1. The molecule has 1 unspecified atom stereocenters. The molecule has 20 heavy (non-hydrogen) atoms. The van der Waals surface area contributed by atoms with Gasteiger partial charge >= 0.3 is 0 Å². The Morgan fingerprint density at radius 1 is 1.50 bits per heavy atom. The molecule has 1 saturated heterocycles. The third kappa shape index (κ3) is 4.05. The van der Waals surface area contributed by atoms with E-state index in [9.17, 15) is 9.59 Å². The van der Waals surface area contributed by atoms with Gasteiger partial charge in [-0.25, -0.2) is 0 Å². The second kappa shape index (κ2) is 7.40. The van der Waals surface area contributed by atoms with Gasteiger partial charge in [-0.3, -0.25) is 9.59 Å². The molecule has 2 rings (SSSR count). The number of carbonyl (C=O) groups excluding carboxylic acids is 2. The van der Waals surface area contributed by atoms with Crippen molar-refractivity contribution in [3.05, 3.63) is 22.4 Å². The summed E-state index contributed by atoms with van der Waals surface area (Å²) in [5.74, 6) is 0.0374. The molecule has 1 aliphatic heterocycles. The molecular formula is C14H21N3O2S. The third-order valence-corrected chi connectivity index (χ3v) is 4.37. The summed E-state index contributed by atoms with van der Waals surface area (Å²) in [6, 6.07) is 3.92. The molecule has 1 fully saturated rings. The second-order valence-electron chi connectivity index (χ2n) is 5.01. The van der Waals surface area contributed by atoms with E-state index in [0.29, 0.717) is 26.1 Å². The van der Waals surface area contributed by atoms with Crippen LogP contribution in [0.3, 0.4) is 0 Å². The van der Waals surface area contributed by atoms with Crippen LogP contribution in [0.15, 0.2) is 17.5 Å². The number of nitrogens with zero attached hydrogens (tertiary/aromatic N) is 1. The molecule has 0 bridgehead atoms. The highest BCUT2D eigenvalue weighted by molar-refractivity contribution is 7.10. The maximum absolute atomic E-state index is 12.2. The van der Waals surface area contributed by atoms with Crippen molar-refractivity contribution in [2.24, 2.45) is 11.7 Å². The first-order valence-corrected chi connectivity index (χ1v) is 7.86. The zero-order chi connectivity index (χ0) is 14.4. The van der Waals surface area contributed by atoms with Crippen LogP contribution < -0.4 is 11.1 Å². The zero-order valence-electron chi connectivity index (χ0n) is 11.5. The van der Waals surface area contributed by atoms with Crippen LogP contribution >= 0.6 is 11.3 Å². The van der Waals surface area contributed by atoms with Gasteiger partial charge in [0.15, 0.2) is 0 Å². The predicted octanol–water partition coefficient (Wildman–Crippen LogP) is 0.604. The smallest absolute Gasteiger partial charge is 0.227 e. The van der Waals surface area contributed by atoms with Crippen LogP contribution in [-0.2, 0) is 16.0 Å². The van der Waals surface area contributed by atoms with Crippen molar-refractivity contribution in [1.29, 1.82) is 0 Å². The second-order valence-corrected chi connectivity index (χ2v) is 6.05. The van der Waals surface area contributed by atoms with E-state index in [1.807, 2.05) is 22.4 Å². The Morgan fingerprint density at radius 3 is 3.05 bits per heavy atom. The molecule has 6 heteroatoms. The van der Waals surface area contributed by atoms with E-state index in [4.69, 9.17) is 5.73 Å². The molecule has 1 atom stereocenters. The summed E-state index contributed by atoms with van der Waals surface area (Å²) in [7, 11) is 0. The topological polar surface area (TPSA) is 75.4 Å². The Kier molecular flexibility index (Phi) is 5.55. The largest absolute Gasteiger partial charge is 0.355 e. The third-order valence-electron chi connectivity index (χ3n) is 3.49. The van der Waals surface area contributed by atoms with E-state index in [0.717, 1.165) is 24.3 Å². The van der Waals surface area contributed by atoms with Crippen molar-refractivity contribution in [2.75, 3.05) is 26.2 Å². The average Bonchev–Trinajstić information content (AvgIpc) is 2.97. The summed E-state index contributed by atoms with van der Waals surface area (Å²) < 4.78 is 0. The molecule has 2 heterocycles. The van der Waals surface area contributed by atoms with Crippen LogP contribution in [0.4, 0.5) is 0 Å². The van der Waals surface area contributed by atoms with Crippen LogP contribution in [0.5, 0.6) is 0 Å². The Labute approximate surface area is 123 Å². The van der Waals surface area contributed by atoms with Gasteiger partial charge in [-0.05, 0) is 24.3 Å². The fourth-order valence-electron chi connectivity index (χ4n) is 2.43. The summed E-state index contributed by atoms with van der Waals surface area (Å²) >= 11 is 1.59. The Hall–Kier alpha value is -1.40. The summed E-state index contributed by atoms with van der Waals surface area (Å²) in [6.45, 7) is 2.23. The normalized spacial score (nSPS) is 18.9. The molecule has 110 valence electrons. The van der Waals surface area contributed by atoms with Gasteiger partial charge < -0.3 is 16.0 Å². The number of hydrogen-bond donors (Lipinski definition) is 2. The monoisotopic (exact) mass is 295 g/mol. The van der Waals surface area contributed by atoms with E-state index in [2.05, 4.69) is 5.32 Å². The number of hydrogen-bond acceptors (Lipinski definition) is 4. The van der Waals surface area contributed by atoms with Gasteiger partial charge in [-0.15, -0.1) is 11.3 Å². The minimum absolute atomic E-state index is 0.0177. The Bertz CT molecular complexity index is 447. The molecule has 1 aromatic rings. The Morgan fingerprint density at radius 2 is 2.35 bits per heavy atom. The maximum atomic E-state index is 12.2. The summed E-state index contributed by atoms with van der Waals surface area (Å²) in [4.78, 5) is 27.1. The van der Waals surface area contributed by atoms with Crippen molar-refractivity contribution in [2.45, 2.75) is 19.3 Å². The minimum atomic E-state index is -0.0948. The average molecular weight is 295 g/mol. The van der Waals surface area contributed by atoms with Gasteiger partial charge in [0.1, 0.15) is 0 Å². The fourth-order valence-corrected chi connectivity index (χ4v) is 3.13. The molecular weight excluding hydrogens is 274 g/mol. The standard InChI is InChI=1S/C14H21N3O2S/c15-5-6-16-14(19)11-3-1-7-17(10-11)13(18)9-12-4-2-8-20-12/h2,4,8,11H,1,3,5-7,9-10,15H2,(H,16,19). The van der Waals surface area contributed by atoms with Gasteiger partial charge in [0.2, 0.25) is 11.8 Å². The minimum Gasteiger partial charge on any atom is -0.355 e. The molecule has 1 aliphatic rings. The van der Waals surface area contributed by atoms with E-state index >= 15 is 0 Å². The summed E-state index contributed by atoms with van der Waals surface area (Å²) in [6.07, 6.45) is 2.17. The van der Waals surface area contributed by atoms with Gasteiger partial charge in [0.05, 0.1) is 12.3 Å². The van der Waals surface area contributed by atoms with Crippen molar-refractivity contribution in [3.8, 4) is 0 Å². The van der Waals surface area contributed by atoms with Crippen LogP contribution in [0.2, 0.25) is 0 Å². The van der Waals surface area contributed by atoms with E-state index in [1.54, 1.807) is 11.3 Å². The summed E-state index contributed by atoms with van der Waals surface area (Å²) in [5.41, 5.74) is 5.38. The lowest BCUT2D eigenvalue weighted by atomic mass is 9.97. The predicted molar refractivity (Wildman–Crippen MR) is 79.4 cm³/mol. The quantitative estimate of drug-likeness (QED) is 0.835. The van der Waals surface area contributed by atoms with Crippen LogP contribution in [-0.4, -0.2) is 42.9 Å². The van der Waals surface area contributed by atoms with E-state index < -0.39 is 0 Å². The van der Waals surface area contributed by atoms with Crippen molar-refractivity contribution in [3.63, 3.8) is 0 Å². The first-order chi connectivity index (χ1) is 9.70. The number of likely N-dealkylation sites (tertiary alicyclic amines) is 1. The van der Waals surface area contributed by atoms with E-state index in [1.165, 1.54) is 0 Å². The molecule has 1 aromatic heterocycles. The molecule has 0 aliphatic carbocycles. The zero-order valence-corrected chi connectivity index (χ0v) is 12.3. The van der Waals surface area contributed by atoms with Crippen LogP contribution in [0.1, 0.15) is 17.7 Å². The molecule has 0 radical (unpaired) electrons. The molecule has 5 nitrogen and oxygen atoms in total. The number of nitrogens with one attached hydrogen (secondary N) is 1. The van der Waals surface area contributed by atoms with Crippen LogP contribution in [0, 0.1) is 5.92 Å². The van der Waals surface area contributed by atoms with Gasteiger partial charge in [0.25, 0.3) is 0 Å². The number of amides is 2. The molecule has 3 N–H and O–H groups in total. The molecule has 0 aromatic carbocycles. The first-order valence-electron chi connectivity index (χ1n) is 6.98. The van der Waals surface area contributed by atoms with Crippen LogP contribution in [0.25, 0.3) is 0 Å². The lowest BCUT2D eigenvalue weighted by Gasteiger charge is -2.32. The van der Waals surface area contributed by atoms with Gasteiger partial charge in [-0.2, -0.15) is 0 Å². The maximum Gasteiger partial charge on any atom is 0.227 e. The van der Waals surface area contributed by atoms with Crippen molar-refractivity contribution < 1.29 is 9.59 Å². The number of carbonyl (C=O) groups is 2. The van der Waals surface area contributed by atoms with Gasteiger partial charge in [-0.1, -0.05) is 6.07 Å². The Balaban J connectivity index is 1.86. The number of thiophene rings is 1. The van der Waals surface area contributed by atoms with E-state index in [-0.39, 0.29) is 17.7 Å². The number of rotatable bonds is 5.